The number of para-hydroxylation sites is 2. The van der Waals surface area contributed by atoms with Crippen LogP contribution in [0.15, 0.2) is 146 Å². The number of hydrogen-bond donors (Lipinski definition) is 1. The summed E-state index contributed by atoms with van der Waals surface area (Å²) in [5, 5.41) is 9.16. The minimum atomic E-state index is -0.972. The van der Waals surface area contributed by atoms with Crippen LogP contribution < -0.4 is 9.47 Å². The Morgan fingerprint density at radius 3 is 1.76 bits per heavy atom. The first-order chi connectivity index (χ1) is 18.5. The highest BCUT2D eigenvalue weighted by Gasteiger charge is 2.16. The third kappa shape index (κ3) is 9.51. The van der Waals surface area contributed by atoms with Crippen molar-refractivity contribution in [3.05, 3.63) is 157 Å². The Morgan fingerprint density at radius 2 is 1.24 bits per heavy atom. The van der Waals surface area contributed by atoms with Crippen LogP contribution >= 0.6 is 0 Å². The largest absolute Gasteiger partial charge is 0.478 e. The molecule has 192 valence electrons. The number of carboxylic acid groups (broad SMARTS) is 1. The number of carbonyl (C=O) groups is 2. The molecule has 6 nitrogen and oxygen atoms in total. The fraction of sp³-hybridized carbons (Fsp3) is 0.0625. The first kappa shape index (κ1) is 27.5. The van der Waals surface area contributed by atoms with Crippen LogP contribution in [0.2, 0.25) is 0 Å². The number of carbonyl (C=O) groups excluding carboxylic acids is 1. The van der Waals surface area contributed by atoms with Crippen molar-refractivity contribution in [3.8, 4) is 11.5 Å². The predicted molar refractivity (Wildman–Crippen MR) is 145 cm³/mol. The molecule has 0 fully saturated rings. The van der Waals surface area contributed by atoms with Crippen molar-refractivity contribution in [3.63, 3.8) is 0 Å². The lowest BCUT2D eigenvalue weighted by Crippen LogP contribution is -2.15. The summed E-state index contributed by atoms with van der Waals surface area (Å²) in [4.78, 5) is 22.5. The topological polar surface area (TPSA) is 82.1 Å². The summed E-state index contributed by atoms with van der Waals surface area (Å²) in [6.45, 7) is 3.38. The van der Waals surface area contributed by atoms with Crippen LogP contribution in [0.4, 0.5) is 0 Å². The Labute approximate surface area is 222 Å². The minimum absolute atomic E-state index is 0.218. The molecule has 1 N–H and O–H groups in total. The lowest BCUT2D eigenvalue weighted by atomic mass is 10.1. The molecule has 0 heterocycles. The third-order valence-corrected chi connectivity index (χ3v) is 5.04. The number of aliphatic carboxylic acids is 1. The average molecular weight is 509 g/mol. The van der Waals surface area contributed by atoms with Gasteiger partial charge in [0.15, 0.2) is 0 Å². The molecule has 38 heavy (non-hydrogen) atoms. The second kappa shape index (κ2) is 15.1. The maximum Gasteiger partial charge on any atom is 0.335 e. The van der Waals surface area contributed by atoms with E-state index in [-0.39, 0.29) is 5.57 Å². The quantitative estimate of drug-likeness (QED) is 0.110. The van der Waals surface area contributed by atoms with Crippen LogP contribution in [0.3, 0.4) is 0 Å². The second-order valence-corrected chi connectivity index (χ2v) is 7.86. The van der Waals surface area contributed by atoms with Gasteiger partial charge in [-0.25, -0.2) is 9.59 Å². The summed E-state index contributed by atoms with van der Waals surface area (Å²) < 4.78 is 16.3. The SMILES string of the molecule is C=CC(=O)OC(Oc1ccccc1)c1ccccc1.O=C(O)C(=COc1ccccc1)Cc1ccccc1. The van der Waals surface area contributed by atoms with E-state index >= 15 is 0 Å². The number of hydrogen-bond acceptors (Lipinski definition) is 5. The second-order valence-electron chi connectivity index (χ2n) is 7.86. The van der Waals surface area contributed by atoms with E-state index in [1.807, 2.05) is 97.1 Å². The van der Waals surface area contributed by atoms with E-state index in [2.05, 4.69) is 6.58 Å². The van der Waals surface area contributed by atoms with Gasteiger partial charge in [-0.2, -0.15) is 0 Å². The molecule has 4 aromatic rings. The van der Waals surface area contributed by atoms with Crippen LogP contribution in [-0.4, -0.2) is 17.0 Å². The predicted octanol–water partition coefficient (Wildman–Crippen LogP) is 6.77. The number of benzene rings is 4. The molecule has 1 unspecified atom stereocenters. The normalized spacial score (nSPS) is 11.2. The summed E-state index contributed by atoms with van der Waals surface area (Å²) in [6.07, 6.45) is 1.96. The van der Waals surface area contributed by atoms with Crippen LogP contribution in [0.5, 0.6) is 11.5 Å². The Hall–Kier alpha value is -5.10. The maximum atomic E-state index is 11.4. The minimum Gasteiger partial charge on any atom is -0.478 e. The van der Waals surface area contributed by atoms with Crippen molar-refractivity contribution in [2.75, 3.05) is 0 Å². The van der Waals surface area contributed by atoms with Gasteiger partial charge in [-0.3, -0.25) is 0 Å². The van der Waals surface area contributed by atoms with Crippen LogP contribution in [0.1, 0.15) is 17.4 Å². The monoisotopic (exact) mass is 508 g/mol. The Balaban J connectivity index is 0.000000211. The van der Waals surface area contributed by atoms with E-state index in [4.69, 9.17) is 19.3 Å². The van der Waals surface area contributed by atoms with Gasteiger partial charge in [0.05, 0.1) is 5.57 Å². The van der Waals surface area contributed by atoms with E-state index in [1.54, 1.807) is 24.3 Å². The van der Waals surface area contributed by atoms with Gasteiger partial charge in [0.25, 0.3) is 6.29 Å². The molecule has 4 aromatic carbocycles. The Morgan fingerprint density at radius 1 is 0.737 bits per heavy atom. The molecular weight excluding hydrogens is 480 g/mol. The van der Waals surface area contributed by atoms with E-state index in [0.29, 0.717) is 17.9 Å². The zero-order chi connectivity index (χ0) is 27.0. The highest BCUT2D eigenvalue weighted by atomic mass is 16.7. The molecule has 0 saturated heterocycles. The molecule has 0 aliphatic rings. The van der Waals surface area contributed by atoms with Crippen molar-refractivity contribution < 1.29 is 28.9 Å². The lowest BCUT2D eigenvalue weighted by molar-refractivity contribution is -0.158. The summed E-state index contributed by atoms with van der Waals surface area (Å²) in [7, 11) is 0. The standard InChI is InChI=1S/2C16H14O3/c17-16(18)14(11-13-7-3-1-4-8-13)12-19-15-9-5-2-6-10-15;1-2-15(17)19-16(13-9-5-3-6-10-13)18-14-11-7-4-8-12-14/h1-10,12H,11H2,(H,17,18);2-12,16H,1H2. The molecule has 0 aliphatic carbocycles. The molecule has 0 amide bonds. The fourth-order valence-electron chi connectivity index (χ4n) is 3.17. The average Bonchev–Trinajstić information content (AvgIpc) is 2.97. The third-order valence-electron chi connectivity index (χ3n) is 5.04. The molecule has 4 rings (SSSR count). The number of rotatable bonds is 10. The van der Waals surface area contributed by atoms with Crippen molar-refractivity contribution in [1.29, 1.82) is 0 Å². The van der Waals surface area contributed by atoms with E-state index < -0.39 is 18.2 Å². The van der Waals surface area contributed by atoms with E-state index in [0.717, 1.165) is 17.2 Å². The smallest absolute Gasteiger partial charge is 0.335 e. The van der Waals surface area contributed by atoms with Crippen LogP contribution in [0, 0.1) is 0 Å². The summed E-state index contributed by atoms with van der Waals surface area (Å²) in [5.74, 6) is -0.243. The van der Waals surface area contributed by atoms with Gasteiger partial charge in [0.2, 0.25) is 0 Å². The van der Waals surface area contributed by atoms with Gasteiger partial charge < -0.3 is 19.3 Å². The molecule has 0 aliphatic heterocycles. The van der Waals surface area contributed by atoms with Crippen molar-refractivity contribution in [2.45, 2.75) is 12.7 Å². The van der Waals surface area contributed by atoms with Crippen LogP contribution in [0.25, 0.3) is 0 Å². The highest BCUT2D eigenvalue weighted by molar-refractivity contribution is 5.86. The zero-order valence-electron chi connectivity index (χ0n) is 20.7. The van der Waals surface area contributed by atoms with Gasteiger partial charge in [-0.1, -0.05) is 104 Å². The van der Waals surface area contributed by atoms with Gasteiger partial charge in [-0.05, 0) is 29.8 Å². The maximum absolute atomic E-state index is 11.4. The summed E-state index contributed by atoms with van der Waals surface area (Å²) in [6, 6.07) is 37.0. The Kier molecular flexibility index (Phi) is 10.9. The summed E-state index contributed by atoms with van der Waals surface area (Å²) >= 11 is 0. The van der Waals surface area contributed by atoms with Crippen molar-refractivity contribution in [2.24, 2.45) is 0 Å². The molecule has 1 atom stereocenters. The van der Waals surface area contributed by atoms with Gasteiger partial charge in [0.1, 0.15) is 17.8 Å². The molecule has 0 aromatic heterocycles. The molecule has 6 heteroatoms. The molecular formula is C32H28O6. The molecule has 0 spiro atoms. The first-order valence-corrected chi connectivity index (χ1v) is 11.8. The Bertz CT molecular complexity index is 1300. The fourth-order valence-corrected chi connectivity index (χ4v) is 3.17. The van der Waals surface area contributed by atoms with Gasteiger partial charge >= 0.3 is 11.9 Å². The van der Waals surface area contributed by atoms with E-state index in [1.165, 1.54) is 6.26 Å². The first-order valence-electron chi connectivity index (χ1n) is 11.8. The number of carboxylic acids is 1. The molecule has 0 saturated carbocycles. The zero-order valence-corrected chi connectivity index (χ0v) is 20.7. The van der Waals surface area contributed by atoms with Crippen molar-refractivity contribution >= 4 is 11.9 Å². The van der Waals surface area contributed by atoms with E-state index in [9.17, 15) is 9.59 Å². The van der Waals surface area contributed by atoms with Crippen LogP contribution in [-0.2, 0) is 20.7 Å². The summed E-state index contributed by atoms with van der Waals surface area (Å²) in [5.41, 5.74) is 1.92. The number of esters is 1. The lowest BCUT2D eigenvalue weighted by Gasteiger charge is -2.18. The van der Waals surface area contributed by atoms with Gasteiger partial charge in [-0.15, -0.1) is 0 Å². The molecule has 0 radical (unpaired) electrons. The van der Waals surface area contributed by atoms with Gasteiger partial charge in [0, 0.05) is 18.1 Å². The molecule has 0 bridgehead atoms. The highest BCUT2D eigenvalue weighted by Crippen LogP contribution is 2.23. The number of ether oxygens (including phenoxy) is 3. The van der Waals surface area contributed by atoms with Crippen molar-refractivity contribution in [1.82, 2.24) is 0 Å².